The molecule has 0 atom stereocenters. The molecule has 0 fully saturated rings. The van der Waals surface area contributed by atoms with E-state index in [1.54, 1.807) is 16.7 Å². The molecule has 0 aromatic heterocycles. The van der Waals surface area contributed by atoms with Crippen LogP contribution in [0.25, 0.3) is 0 Å². The Morgan fingerprint density at radius 3 is 1.73 bits per heavy atom. The molecule has 0 saturated heterocycles. The van der Waals surface area contributed by atoms with Gasteiger partial charge in [-0.15, -0.1) is 0 Å². The highest BCUT2D eigenvalue weighted by molar-refractivity contribution is 5.45. The zero-order chi connectivity index (χ0) is 8.59. The summed E-state index contributed by atoms with van der Waals surface area (Å²) >= 11 is 0. The summed E-state index contributed by atoms with van der Waals surface area (Å²) in [6, 6.07) is 0. The maximum atomic E-state index is 2.28. The maximum Gasteiger partial charge on any atom is -0.0102 e. The van der Waals surface area contributed by atoms with Crippen molar-refractivity contribution in [3.05, 3.63) is 22.3 Å². The van der Waals surface area contributed by atoms with Gasteiger partial charge in [-0.2, -0.15) is 0 Å². The van der Waals surface area contributed by atoms with Crippen LogP contribution in [0.1, 0.15) is 41.0 Å². The van der Waals surface area contributed by atoms with Crippen molar-refractivity contribution in [2.75, 3.05) is 0 Å². The summed E-state index contributed by atoms with van der Waals surface area (Å²) in [6.07, 6.45) is 1.21. The minimum absolute atomic E-state index is 0.701. The molecule has 0 heteroatoms. The van der Waals surface area contributed by atoms with Gasteiger partial charge >= 0.3 is 0 Å². The van der Waals surface area contributed by atoms with Crippen molar-refractivity contribution in [3.63, 3.8) is 0 Å². The van der Waals surface area contributed by atoms with Crippen molar-refractivity contribution in [1.29, 1.82) is 0 Å². The summed E-state index contributed by atoms with van der Waals surface area (Å²) in [6.45, 7) is 11.3. The number of allylic oxidation sites excluding steroid dienone is 4. The van der Waals surface area contributed by atoms with Gasteiger partial charge in [-0.1, -0.05) is 25.0 Å². The first-order chi connectivity index (χ1) is 5.04. The van der Waals surface area contributed by atoms with Crippen molar-refractivity contribution in [2.45, 2.75) is 41.0 Å². The van der Waals surface area contributed by atoms with Crippen molar-refractivity contribution in [1.82, 2.24) is 0 Å². The fourth-order valence-electron chi connectivity index (χ4n) is 2.10. The standard InChI is InChI=1S/C11H18/c1-7(2)11-9(4)6-8(3)10(11)5/h7H,6H2,1-5H3. The summed E-state index contributed by atoms with van der Waals surface area (Å²) in [7, 11) is 0. The lowest BCUT2D eigenvalue weighted by molar-refractivity contribution is 0.771. The van der Waals surface area contributed by atoms with E-state index in [-0.39, 0.29) is 0 Å². The van der Waals surface area contributed by atoms with Crippen LogP contribution in [0.3, 0.4) is 0 Å². The molecule has 62 valence electrons. The average Bonchev–Trinajstić information content (AvgIpc) is 2.07. The Morgan fingerprint density at radius 2 is 1.55 bits per heavy atom. The second kappa shape index (κ2) is 2.84. The zero-order valence-corrected chi connectivity index (χ0v) is 8.28. The SMILES string of the molecule is CC1=C(C)C(C(C)C)=C(C)C1. The topological polar surface area (TPSA) is 0 Å². The lowest BCUT2D eigenvalue weighted by Crippen LogP contribution is -1.94. The first-order valence-electron chi connectivity index (χ1n) is 4.40. The zero-order valence-electron chi connectivity index (χ0n) is 8.28. The molecule has 11 heavy (non-hydrogen) atoms. The Kier molecular flexibility index (Phi) is 2.22. The van der Waals surface area contributed by atoms with E-state index in [0.717, 1.165) is 0 Å². The van der Waals surface area contributed by atoms with Gasteiger partial charge in [0.25, 0.3) is 0 Å². The molecular weight excluding hydrogens is 132 g/mol. The molecule has 1 aliphatic carbocycles. The summed E-state index contributed by atoms with van der Waals surface area (Å²) in [4.78, 5) is 0. The second-order valence-electron chi connectivity index (χ2n) is 3.93. The van der Waals surface area contributed by atoms with E-state index in [9.17, 15) is 0 Å². The van der Waals surface area contributed by atoms with Crippen LogP contribution in [0.5, 0.6) is 0 Å². The molecular formula is C11H18. The first-order valence-corrected chi connectivity index (χ1v) is 4.40. The molecule has 0 saturated carbocycles. The fraction of sp³-hybridized carbons (Fsp3) is 0.636. The van der Waals surface area contributed by atoms with E-state index in [1.807, 2.05) is 0 Å². The van der Waals surface area contributed by atoms with Crippen LogP contribution in [-0.2, 0) is 0 Å². The van der Waals surface area contributed by atoms with E-state index in [1.165, 1.54) is 12.0 Å². The van der Waals surface area contributed by atoms with Gasteiger partial charge in [0.15, 0.2) is 0 Å². The van der Waals surface area contributed by atoms with Crippen LogP contribution in [0.2, 0.25) is 0 Å². The van der Waals surface area contributed by atoms with Crippen LogP contribution >= 0.6 is 0 Å². The Bertz CT molecular complexity index is 226. The van der Waals surface area contributed by atoms with Gasteiger partial charge in [0.1, 0.15) is 0 Å². The van der Waals surface area contributed by atoms with Crippen LogP contribution in [-0.4, -0.2) is 0 Å². The van der Waals surface area contributed by atoms with E-state index in [4.69, 9.17) is 0 Å². The Morgan fingerprint density at radius 1 is 1.00 bits per heavy atom. The summed E-state index contributed by atoms with van der Waals surface area (Å²) in [5, 5.41) is 0. The molecule has 0 aromatic rings. The largest absolute Gasteiger partial charge is 0.0661 e. The average molecular weight is 150 g/mol. The van der Waals surface area contributed by atoms with E-state index >= 15 is 0 Å². The third-order valence-corrected chi connectivity index (χ3v) is 2.61. The van der Waals surface area contributed by atoms with Gasteiger partial charge in [0, 0.05) is 0 Å². The van der Waals surface area contributed by atoms with E-state index in [2.05, 4.69) is 34.6 Å². The van der Waals surface area contributed by atoms with Gasteiger partial charge in [-0.05, 0) is 44.3 Å². The van der Waals surface area contributed by atoms with Gasteiger partial charge < -0.3 is 0 Å². The van der Waals surface area contributed by atoms with Gasteiger partial charge in [-0.25, -0.2) is 0 Å². The van der Waals surface area contributed by atoms with Crippen LogP contribution in [0.4, 0.5) is 0 Å². The Labute approximate surface area is 70.0 Å². The predicted molar refractivity (Wildman–Crippen MR) is 50.5 cm³/mol. The molecule has 0 aromatic carbocycles. The second-order valence-corrected chi connectivity index (χ2v) is 3.93. The van der Waals surface area contributed by atoms with Crippen molar-refractivity contribution >= 4 is 0 Å². The lowest BCUT2D eigenvalue weighted by atomic mass is 9.96. The monoisotopic (exact) mass is 150 g/mol. The molecule has 0 amide bonds. The van der Waals surface area contributed by atoms with E-state index < -0.39 is 0 Å². The first kappa shape index (κ1) is 8.58. The summed E-state index contributed by atoms with van der Waals surface area (Å²) in [5.74, 6) is 0.701. The summed E-state index contributed by atoms with van der Waals surface area (Å²) < 4.78 is 0. The maximum absolute atomic E-state index is 2.28. The molecule has 0 spiro atoms. The van der Waals surface area contributed by atoms with Crippen LogP contribution in [0.15, 0.2) is 22.3 Å². The highest BCUT2D eigenvalue weighted by Gasteiger charge is 2.17. The minimum atomic E-state index is 0.701. The molecule has 1 rings (SSSR count). The molecule has 0 radical (unpaired) electrons. The lowest BCUT2D eigenvalue weighted by Gasteiger charge is -2.10. The smallest absolute Gasteiger partial charge is 0.0102 e. The minimum Gasteiger partial charge on any atom is -0.0661 e. The molecule has 0 nitrogen and oxygen atoms in total. The number of hydrogen-bond acceptors (Lipinski definition) is 0. The van der Waals surface area contributed by atoms with Gasteiger partial charge in [0.05, 0.1) is 0 Å². The quantitative estimate of drug-likeness (QED) is 0.534. The van der Waals surface area contributed by atoms with Gasteiger partial charge in [0.2, 0.25) is 0 Å². The van der Waals surface area contributed by atoms with Crippen molar-refractivity contribution in [2.24, 2.45) is 5.92 Å². The highest BCUT2D eigenvalue weighted by Crippen LogP contribution is 2.35. The molecule has 0 N–H and O–H groups in total. The molecule has 0 aliphatic heterocycles. The predicted octanol–water partition coefficient (Wildman–Crippen LogP) is 3.70. The summed E-state index contributed by atoms with van der Waals surface area (Å²) in [5.41, 5.74) is 6.28. The molecule has 0 unspecified atom stereocenters. The number of hydrogen-bond donors (Lipinski definition) is 0. The third-order valence-electron chi connectivity index (χ3n) is 2.61. The Balaban J connectivity index is 3.00. The highest BCUT2D eigenvalue weighted by atomic mass is 14.2. The van der Waals surface area contributed by atoms with Crippen molar-refractivity contribution < 1.29 is 0 Å². The normalized spacial score (nSPS) is 19.1. The van der Waals surface area contributed by atoms with Crippen LogP contribution < -0.4 is 0 Å². The third kappa shape index (κ3) is 1.40. The molecule has 0 bridgehead atoms. The van der Waals surface area contributed by atoms with Crippen molar-refractivity contribution in [3.8, 4) is 0 Å². The molecule has 1 aliphatic rings. The fourth-order valence-corrected chi connectivity index (χ4v) is 2.10. The van der Waals surface area contributed by atoms with Gasteiger partial charge in [-0.3, -0.25) is 0 Å². The molecule has 0 heterocycles. The van der Waals surface area contributed by atoms with Crippen LogP contribution in [0, 0.1) is 5.92 Å². The van der Waals surface area contributed by atoms with E-state index in [0.29, 0.717) is 5.92 Å². The Hall–Kier alpha value is -0.520. The number of rotatable bonds is 1.